The molecule has 1 atom stereocenters. The number of thiol groups is 1. The maximum absolute atomic E-state index is 4.36. The highest BCUT2D eigenvalue weighted by Gasteiger charge is 2.07. The molecule has 0 amide bonds. The van der Waals surface area contributed by atoms with Crippen LogP contribution in [0.25, 0.3) is 0 Å². The van der Waals surface area contributed by atoms with Crippen LogP contribution in [-0.2, 0) is 6.54 Å². The molecule has 15 heavy (non-hydrogen) atoms. The molecule has 2 nitrogen and oxygen atoms in total. The second kappa shape index (κ2) is 6.85. The Labute approximate surface area is 98.1 Å². The third kappa shape index (κ3) is 4.67. The monoisotopic (exact) mass is 224 g/mol. The van der Waals surface area contributed by atoms with Crippen molar-refractivity contribution in [2.75, 3.05) is 19.3 Å². The average Bonchev–Trinajstić information content (AvgIpc) is 2.27. The Kier molecular flexibility index (Phi) is 5.73. The van der Waals surface area contributed by atoms with Crippen molar-refractivity contribution >= 4 is 12.6 Å². The van der Waals surface area contributed by atoms with Gasteiger partial charge in [-0.2, -0.15) is 12.6 Å². The Bertz CT molecular complexity index is 260. The van der Waals surface area contributed by atoms with Gasteiger partial charge in [0.1, 0.15) is 0 Å². The molecule has 0 aliphatic heterocycles. The van der Waals surface area contributed by atoms with Gasteiger partial charge < -0.3 is 4.90 Å². The normalized spacial score (nSPS) is 13.1. The lowest BCUT2D eigenvalue weighted by atomic mass is 10.1. The summed E-state index contributed by atoms with van der Waals surface area (Å²) < 4.78 is 0. The van der Waals surface area contributed by atoms with Crippen molar-refractivity contribution < 1.29 is 0 Å². The van der Waals surface area contributed by atoms with Crippen molar-refractivity contribution in [1.29, 1.82) is 0 Å². The Balaban J connectivity index is 2.39. The van der Waals surface area contributed by atoms with Crippen molar-refractivity contribution in [2.45, 2.75) is 19.9 Å². The van der Waals surface area contributed by atoms with Gasteiger partial charge in [0.05, 0.1) is 0 Å². The fourth-order valence-electron chi connectivity index (χ4n) is 1.62. The molecular formula is C12H20N2S. The number of pyridine rings is 1. The van der Waals surface area contributed by atoms with Crippen molar-refractivity contribution in [1.82, 2.24) is 9.88 Å². The zero-order valence-electron chi connectivity index (χ0n) is 9.56. The smallest absolute Gasteiger partial charge is 0.0271 e. The van der Waals surface area contributed by atoms with Gasteiger partial charge in [-0.25, -0.2) is 0 Å². The van der Waals surface area contributed by atoms with Gasteiger partial charge in [0, 0.05) is 25.5 Å². The van der Waals surface area contributed by atoms with Crippen LogP contribution in [0, 0.1) is 5.92 Å². The quantitative estimate of drug-likeness (QED) is 0.747. The van der Waals surface area contributed by atoms with Crippen LogP contribution in [-0.4, -0.2) is 29.2 Å². The van der Waals surface area contributed by atoms with E-state index in [9.17, 15) is 0 Å². The third-order valence-corrected chi connectivity index (χ3v) is 3.12. The van der Waals surface area contributed by atoms with Crippen molar-refractivity contribution in [3.63, 3.8) is 0 Å². The summed E-state index contributed by atoms with van der Waals surface area (Å²) in [5.41, 5.74) is 1.32. The van der Waals surface area contributed by atoms with Gasteiger partial charge >= 0.3 is 0 Å². The van der Waals surface area contributed by atoms with E-state index >= 15 is 0 Å². The summed E-state index contributed by atoms with van der Waals surface area (Å²) in [4.78, 5) is 6.36. The van der Waals surface area contributed by atoms with Crippen molar-refractivity contribution in [3.05, 3.63) is 30.1 Å². The molecule has 0 spiro atoms. The van der Waals surface area contributed by atoms with Gasteiger partial charge in [0.15, 0.2) is 0 Å². The Morgan fingerprint density at radius 2 is 2.07 bits per heavy atom. The molecule has 3 heteroatoms. The highest BCUT2D eigenvalue weighted by atomic mass is 32.1. The van der Waals surface area contributed by atoms with Crippen LogP contribution >= 0.6 is 12.6 Å². The molecule has 1 unspecified atom stereocenters. The maximum Gasteiger partial charge on any atom is 0.0271 e. The fraction of sp³-hybridized carbons (Fsp3) is 0.583. The van der Waals surface area contributed by atoms with E-state index in [1.165, 1.54) is 12.0 Å². The van der Waals surface area contributed by atoms with Gasteiger partial charge in [-0.1, -0.05) is 13.3 Å². The molecule has 0 aliphatic carbocycles. The second-order valence-corrected chi connectivity index (χ2v) is 4.37. The molecule has 1 aromatic rings. The van der Waals surface area contributed by atoms with Gasteiger partial charge in [0.2, 0.25) is 0 Å². The largest absolute Gasteiger partial charge is 0.302 e. The van der Waals surface area contributed by atoms with E-state index in [4.69, 9.17) is 0 Å². The summed E-state index contributed by atoms with van der Waals surface area (Å²) in [7, 11) is 2.16. The zero-order valence-corrected chi connectivity index (χ0v) is 10.5. The zero-order chi connectivity index (χ0) is 11.1. The number of nitrogens with zero attached hydrogens (tertiary/aromatic N) is 2. The highest BCUT2D eigenvalue weighted by molar-refractivity contribution is 7.80. The molecule has 0 bridgehead atoms. The molecule has 0 saturated carbocycles. The summed E-state index contributed by atoms with van der Waals surface area (Å²) in [5.74, 6) is 1.66. The summed E-state index contributed by atoms with van der Waals surface area (Å²) in [6, 6.07) is 4.14. The topological polar surface area (TPSA) is 16.1 Å². The van der Waals surface area contributed by atoms with Gasteiger partial charge in [-0.3, -0.25) is 4.98 Å². The fourth-order valence-corrected chi connectivity index (χ4v) is 1.99. The van der Waals surface area contributed by atoms with Gasteiger partial charge in [0.25, 0.3) is 0 Å². The first-order chi connectivity index (χ1) is 7.26. The summed E-state index contributed by atoms with van der Waals surface area (Å²) in [5, 5.41) is 0. The first-order valence-electron chi connectivity index (χ1n) is 5.44. The predicted octanol–water partition coefficient (Wildman–Crippen LogP) is 2.47. The van der Waals surface area contributed by atoms with E-state index in [-0.39, 0.29) is 0 Å². The maximum atomic E-state index is 4.36. The Hall–Kier alpha value is -0.540. The lowest BCUT2D eigenvalue weighted by molar-refractivity contribution is 0.278. The Morgan fingerprint density at radius 1 is 1.40 bits per heavy atom. The van der Waals surface area contributed by atoms with Crippen LogP contribution < -0.4 is 0 Å². The molecule has 0 aromatic carbocycles. The minimum atomic E-state index is 0.695. The van der Waals surface area contributed by atoms with Crippen molar-refractivity contribution in [3.8, 4) is 0 Å². The minimum Gasteiger partial charge on any atom is -0.302 e. The summed E-state index contributed by atoms with van der Waals surface area (Å²) in [6.45, 7) is 4.33. The highest BCUT2D eigenvalue weighted by Crippen LogP contribution is 2.09. The molecule has 0 radical (unpaired) electrons. The number of aromatic nitrogens is 1. The molecule has 0 saturated heterocycles. The molecular weight excluding hydrogens is 204 g/mol. The SMILES string of the molecule is CCC(CS)CN(C)Cc1ccncc1. The van der Waals surface area contributed by atoms with E-state index in [0.717, 1.165) is 18.8 Å². The van der Waals surface area contributed by atoms with Crippen LogP contribution in [0.2, 0.25) is 0 Å². The number of hydrogen-bond acceptors (Lipinski definition) is 3. The second-order valence-electron chi connectivity index (χ2n) is 4.01. The van der Waals surface area contributed by atoms with Gasteiger partial charge in [-0.05, 0) is 36.4 Å². The molecule has 0 aliphatic rings. The van der Waals surface area contributed by atoms with E-state index < -0.39 is 0 Å². The predicted molar refractivity (Wildman–Crippen MR) is 68.2 cm³/mol. The standard InChI is InChI=1S/C12H20N2S/c1-3-11(10-15)8-14(2)9-12-4-6-13-7-5-12/h4-7,11,15H,3,8-10H2,1-2H3. The third-order valence-electron chi connectivity index (χ3n) is 2.61. The van der Waals surface area contributed by atoms with E-state index in [1.54, 1.807) is 0 Å². The first-order valence-corrected chi connectivity index (χ1v) is 6.07. The van der Waals surface area contributed by atoms with Crippen LogP contribution in [0.15, 0.2) is 24.5 Å². The molecule has 1 aromatic heterocycles. The average molecular weight is 224 g/mol. The molecule has 0 fully saturated rings. The molecule has 84 valence electrons. The van der Waals surface area contributed by atoms with Crippen molar-refractivity contribution in [2.24, 2.45) is 5.92 Å². The molecule has 1 heterocycles. The first kappa shape index (κ1) is 12.5. The number of rotatable bonds is 6. The van der Waals surface area contributed by atoms with Crippen LogP contribution in [0.4, 0.5) is 0 Å². The van der Waals surface area contributed by atoms with E-state index in [2.05, 4.69) is 48.6 Å². The molecule has 1 rings (SSSR count). The lowest BCUT2D eigenvalue weighted by Crippen LogP contribution is -2.26. The van der Waals surface area contributed by atoms with Crippen LogP contribution in [0.1, 0.15) is 18.9 Å². The van der Waals surface area contributed by atoms with E-state index in [1.807, 2.05) is 12.4 Å². The molecule has 0 N–H and O–H groups in total. The minimum absolute atomic E-state index is 0.695. The summed E-state index contributed by atoms with van der Waals surface area (Å²) in [6.07, 6.45) is 4.89. The lowest BCUT2D eigenvalue weighted by Gasteiger charge is -2.21. The Morgan fingerprint density at radius 3 is 2.60 bits per heavy atom. The van der Waals surface area contributed by atoms with Crippen LogP contribution in [0.3, 0.4) is 0 Å². The summed E-state index contributed by atoms with van der Waals surface area (Å²) >= 11 is 4.36. The van der Waals surface area contributed by atoms with Gasteiger partial charge in [-0.15, -0.1) is 0 Å². The van der Waals surface area contributed by atoms with Crippen LogP contribution in [0.5, 0.6) is 0 Å². The number of hydrogen-bond donors (Lipinski definition) is 1. The van der Waals surface area contributed by atoms with E-state index in [0.29, 0.717) is 5.92 Å².